The summed E-state index contributed by atoms with van der Waals surface area (Å²) in [6, 6.07) is 71.9. The van der Waals surface area contributed by atoms with Crippen LogP contribution in [0.5, 0.6) is 0 Å². The van der Waals surface area contributed by atoms with Gasteiger partial charge in [0.2, 0.25) is 0 Å². The second kappa shape index (κ2) is 13.4. The molecule has 1 aliphatic rings. The van der Waals surface area contributed by atoms with Crippen LogP contribution in [0.2, 0.25) is 0 Å². The fraction of sp³-hybridized carbons (Fsp3) is 0.0545. The Balaban J connectivity index is 1.14. The van der Waals surface area contributed by atoms with Crippen LogP contribution in [-0.2, 0) is 5.41 Å². The highest BCUT2D eigenvalue weighted by Crippen LogP contribution is 2.51. The highest BCUT2D eigenvalue weighted by molar-refractivity contribution is 6.19. The van der Waals surface area contributed by atoms with Crippen LogP contribution in [0.4, 0.5) is 17.1 Å². The van der Waals surface area contributed by atoms with Crippen LogP contribution >= 0.6 is 0 Å². The monoisotopic (exact) mass is 741 g/mol. The number of nitrogens with zero attached hydrogens (tertiary/aromatic N) is 3. The Bertz CT molecular complexity index is 3170. The summed E-state index contributed by atoms with van der Waals surface area (Å²) in [5.74, 6) is 0. The van der Waals surface area contributed by atoms with Gasteiger partial charge >= 0.3 is 0 Å². The third-order valence-electron chi connectivity index (χ3n) is 12.0. The summed E-state index contributed by atoms with van der Waals surface area (Å²) in [6.07, 6.45) is 0. The van der Waals surface area contributed by atoms with Gasteiger partial charge in [-0.25, -0.2) is 9.97 Å². The van der Waals surface area contributed by atoms with Crippen LogP contribution in [0.15, 0.2) is 200 Å². The third-order valence-corrected chi connectivity index (χ3v) is 12.0. The zero-order valence-corrected chi connectivity index (χ0v) is 32.4. The minimum absolute atomic E-state index is 0.128. The predicted octanol–water partition coefficient (Wildman–Crippen LogP) is 14.7. The van der Waals surface area contributed by atoms with Gasteiger partial charge in [0.05, 0.1) is 22.4 Å². The number of fused-ring (bicyclic) bond motifs is 8. The van der Waals surface area contributed by atoms with Crippen molar-refractivity contribution in [3.05, 3.63) is 211 Å². The highest BCUT2D eigenvalue weighted by Gasteiger charge is 2.35. The molecular weight excluding hydrogens is 703 g/mol. The van der Waals surface area contributed by atoms with E-state index in [9.17, 15) is 0 Å². The lowest BCUT2D eigenvalue weighted by Gasteiger charge is -2.28. The van der Waals surface area contributed by atoms with Crippen molar-refractivity contribution in [2.75, 3.05) is 4.90 Å². The molecule has 274 valence electrons. The molecule has 11 rings (SSSR count). The fourth-order valence-corrected chi connectivity index (χ4v) is 9.09. The predicted molar refractivity (Wildman–Crippen MR) is 243 cm³/mol. The standard InChI is InChI=1S/C55H39N3/c1-55(2)48-21-13-12-20-45(48)46-32-31-44(35-49(46)55)58(42-28-24-37(25-29-42)36-14-6-3-7-15-36)43-30-26-38-22-23-39-27-33-50-54(51(39)47(38)34-43)57-53(41-18-10-5-11-19-41)52(56-50)40-16-8-4-9-17-40/h3-35H,1-2H3. The summed E-state index contributed by atoms with van der Waals surface area (Å²) in [5, 5.41) is 4.53. The van der Waals surface area contributed by atoms with Crippen molar-refractivity contribution in [2.24, 2.45) is 0 Å². The first-order chi connectivity index (χ1) is 28.5. The van der Waals surface area contributed by atoms with Crippen LogP contribution in [0, 0.1) is 0 Å². The number of rotatable bonds is 6. The van der Waals surface area contributed by atoms with Crippen molar-refractivity contribution in [2.45, 2.75) is 19.3 Å². The molecule has 0 saturated carbocycles. The molecule has 58 heavy (non-hydrogen) atoms. The molecule has 0 N–H and O–H groups in total. The molecule has 1 aromatic heterocycles. The molecule has 0 fully saturated rings. The summed E-state index contributed by atoms with van der Waals surface area (Å²) >= 11 is 0. The molecule has 0 aliphatic heterocycles. The molecule has 9 aromatic carbocycles. The van der Waals surface area contributed by atoms with Gasteiger partial charge in [-0.15, -0.1) is 0 Å². The van der Waals surface area contributed by atoms with Crippen LogP contribution in [0.25, 0.3) is 77.3 Å². The molecule has 0 radical (unpaired) electrons. The van der Waals surface area contributed by atoms with Crippen LogP contribution in [-0.4, -0.2) is 9.97 Å². The number of benzene rings is 9. The molecule has 0 amide bonds. The Kier molecular flexibility index (Phi) is 7.84. The maximum absolute atomic E-state index is 5.53. The second-order valence-electron chi connectivity index (χ2n) is 15.8. The molecule has 3 heteroatoms. The average Bonchev–Trinajstić information content (AvgIpc) is 3.52. The number of hydrogen-bond donors (Lipinski definition) is 0. The van der Waals surface area contributed by atoms with Gasteiger partial charge < -0.3 is 4.90 Å². The Hall–Kier alpha value is -7.36. The molecule has 0 bridgehead atoms. The summed E-state index contributed by atoms with van der Waals surface area (Å²) in [5.41, 5.74) is 16.5. The number of hydrogen-bond acceptors (Lipinski definition) is 3. The van der Waals surface area contributed by atoms with Gasteiger partial charge in [-0.3, -0.25) is 0 Å². The van der Waals surface area contributed by atoms with E-state index < -0.39 is 0 Å². The lowest BCUT2D eigenvalue weighted by molar-refractivity contribution is 0.660. The first kappa shape index (κ1) is 33.9. The van der Waals surface area contributed by atoms with Gasteiger partial charge in [0.15, 0.2) is 0 Å². The SMILES string of the molecule is CC1(C)c2ccccc2-c2ccc(N(c3ccc(-c4ccccc4)cc3)c3ccc4ccc5ccc6nc(-c7ccccc7)c(-c7ccccc7)nc6c5c4c3)cc21. The van der Waals surface area contributed by atoms with Crippen molar-refractivity contribution in [3.63, 3.8) is 0 Å². The molecule has 0 atom stereocenters. The first-order valence-corrected chi connectivity index (χ1v) is 20.0. The van der Waals surface area contributed by atoms with Crippen LogP contribution in [0.3, 0.4) is 0 Å². The van der Waals surface area contributed by atoms with Gasteiger partial charge in [-0.2, -0.15) is 0 Å². The Morgan fingerprint density at radius 3 is 1.64 bits per heavy atom. The highest BCUT2D eigenvalue weighted by atomic mass is 15.1. The van der Waals surface area contributed by atoms with Crippen molar-refractivity contribution in [3.8, 4) is 44.8 Å². The topological polar surface area (TPSA) is 29.0 Å². The van der Waals surface area contributed by atoms with Gasteiger partial charge in [-0.05, 0) is 92.0 Å². The summed E-state index contributed by atoms with van der Waals surface area (Å²) in [4.78, 5) is 13.3. The minimum atomic E-state index is -0.128. The number of anilines is 3. The van der Waals surface area contributed by atoms with Crippen LogP contribution < -0.4 is 4.90 Å². The zero-order chi connectivity index (χ0) is 38.8. The van der Waals surface area contributed by atoms with Crippen molar-refractivity contribution >= 4 is 49.6 Å². The molecule has 10 aromatic rings. The van der Waals surface area contributed by atoms with E-state index in [2.05, 4.69) is 207 Å². The van der Waals surface area contributed by atoms with E-state index in [1.165, 1.54) is 33.4 Å². The van der Waals surface area contributed by atoms with E-state index in [0.29, 0.717) is 0 Å². The summed E-state index contributed by atoms with van der Waals surface area (Å²) in [6.45, 7) is 4.70. The smallest absolute Gasteiger partial charge is 0.0979 e. The normalized spacial score (nSPS) is 12.8. The molecule has 0 spiro atoms. The molecule has 1 heterocycles. The van der Waals surface area contributed by atoms with E-state index in [1.54, 1.807) is 0 Å². The Labute approximate surface area is 338 Å². The lowest BCUT2D eigenvalue weighted by Crippen LogP contribution is -2.16. The van der Waals surface area contributed by atoms with Crippen molar-refractivity contribution in [1.29, 1.82) is 0 Å². The van der Waals surface area contributed by atoms with Crippen molar-refractivity contribution in [1.82, 2.24) is 9.97 Å². The summed E-state index contributed by atoms with van der Waals surface area (Å²) < 4.78 is 0. The fourth-order valence-electron chi connectivity index (χ4n) is 9.09. The molecule has 1 aliphatic carbocycles. The number of aromatic nitrogens is 2. The molecule has 3 nitrogen and oxygen atoms in total. The Morgan fingerprint density at radius 2 is 0.914 bits per heavy atom. The largest absolute Gasteiger partial charge is 0.310 e. The Morgan fingerprint density at radius 1 is 0.397 bits per heavy atom. The molecular formula is C55H39N3. The molecule has 0 unspecified atom stereocenters. The lowest BCUT2D eigenvalue weighted by atomic mass is 9.82. The van der Waals surface area contributed by atoms with E-state index in [-0.39, 0.29) is 5.41 Å². The van der Waals surface area contributed by atoms with Gasteiger partial charge in [0.1, 0.15) is 0 Å². The maximum atomic E-state index is 5.53. The quantitative estimate of drug-likeness (QED) is 0.159. The van der Waals surface area contributed by atoms with Gasteiger partial charge in [0, 0.05) is 39.0 Å². The minimum Gasteiger partial charge on any atom is -0.310 e. The van der Waals surface area contributed by atoms with Crippen LogP contribution in [0.1, 0.15) is 25.0 Å². The van der Waals surface area contributed by atoms with E-state index in [1.807, 2.05) is 12.1 Å². The second-order valence-corrected chi connectivity index (χ2v) is 15.8. The van der Waals surface area contributed by atoms with E-state index in [4.69, 9.17) is 9.97 Å². The molecule has 0 saturated heterocycles. The summed E-state index contributed by atoms with van der Waals surface area (Å²) in [7, 11) is 0. The van der Waals surface area contributed by atoms with E-state index in [0.717, 1.165) is 72.2 Å². The van der Waals surface area contributed by atoms with Gasteiger partial charge in [0.25, 0.3) is 0 Å². The third kappa shape index (κ3) is 5.50. The van der Waals surface area contributed by atoms with E-state index >= 15 is 0 Å². The first-order valence-electron chi connectivity index (χ1n) is 20.0. The average molecular weight is 742 g/mol. The maximum Gasteiger partial charge on any atom is 0.0979 e. The van der Waals surface area contributed by atoms with Crippen molar-refractivity contribution < 1.29 is 0 Å². The zero-order valence-electron chi connectivity index (χ0n) is 32.4. The van der Waals surface area contributed by atoms with Gasteiger partial charge in [-0.1, -0.05) is 172 Å².